The summed E-state index contributed by atoms with van der Waals surface area (Å²) >= 11 is 0. The molecule has 0 aliphatic carbocycles. The molecule has 4 aromatic rings. The second kappa shape index (κ2) is 8.86. The number of benzene rings is 1. The molecule has 158 valence electrons. The quantitative estimate of drug-likeness (QED) is 0.466. The maximum Gasteiger partial charge on any atom is 0.255 e. The van der Waals surface area contributed by atoms with E-state index in [4.69, 9.17) is 0 Å². The molecule has 0 spiro atoms. The van der Waals surface area contributed by atoms with E-state index in [0.717, 1.165) is 53.8 Å². The number of nitrogens with zero attached hydrogens (tertiary/aromatic N) is 5. The summed E-state index contributed by atoms with van der Waals surface area (Å²) < 4.78 is 3.77. The van der Waals surface area contributed by atoms with Gasteiger partial charge in [-0.25, -0.2) is 0 Å². The highest BCUT2D eigenvalue weighted by atomic mass is 16.1. The van der Waals surface area contributed by atoms with Gasteiger partial charge < -0.3 is 4.90 Å². The topological polar surface area (TPSA) is 56.0 Å². The molecule has 1 aliphatic heterocycles. The van der Waals surface area contributed by atoms with Crippen LogP contribution in [0.5, 0.6) is 0 Å². The lowest BCUT2D eigenvalue weighted by Gasteiger charge is -2.14. The van der Waals surface area contributed by atoms with Gasteiger partial charge in [0, 0.05) is 41.8 Å². The fourth-order valence-corrected chi connectivity index (χ4v) is 4.35. The molecule has 1 fully saturated rings. The van der Waals surface area contributed by atoms with E-state index >= 15 is 0 Å². The van der Waals surface area contributed by atoms with Gasteiger partial charge >= 0.3 is 0 Å². The molecule has 0 bridgehead atoms. The van der Waals surface area contributed by atoms with Crippen molar-refractivity contribution in [3.63, 3.8) is 0 Å². The van der Waals surface area contributed by atoms with E-state index in [-0.39, 0.29) is 5.56 Å². The minimum absolute atomic E-state index is 0.0145. The van der Waals surface area contributed by atoms with Gasteiger partial charge in [-0.2, -0.15) is 5.10 Å². The Morgan fingerprint density at radius 1 is 0.935 bits per heavy atom. The molecule has 0 amide bonds. The Morgan fingerprint density at radius 3 is 2.65 bits per heavy atom. The molecule has 1 aliphatic rings. The summed E-state index contributed by atoms with van der Waals surface area (Å²) in [4.78, 5) is 19.6. The zero-order valence-electron chi connectivity index (χ0n) is 17.7. The summed E-state index contributed by atoms with van der Waals surface area (Å²) in [6, 6.07) is 15.8. The van der Waals surface area contributed by atoms with Crippen LogP contribution in [0.2, 0.25) is 0 Å². The van der Waals surface area contributed by atoms with Crippen molar-refractivity contribution < 1.29 is 0 Å². The third-order valence-corrected chi connectivity index (χ3v) is 6.11. The Labute approximate surface area is 181 Å². The number of rotatable bonds is 7. The zero-order chi connectivity index (χ0) is 21.0. The molecule has 0 radical (unpaired) electrons. The van der Waals surface area contributed by atoms with Gasteiger partial charge in [0.05, 0.1) is 18.3 Å². The number of pyridine rings is 2. The molecule has 5 rings (SSSR count). The predicted octanol–water partition coefficient (Wildman–Crippen LogP) is 3.46. The molecule has 0 atom stereocenters. The van der Waals surface area contributed by atoms with Crippen LogP contribution in [0.3, 0.4) is 0 Å². The summed E-state index contributed by atoms with van der Waals surface area (Å²) in [5, 5.41) is 5.64. The fraction of sp³-hybridized carbons (Fsp3) is 0.320. The molecule has 1 aromatic carbocycles. The molecule has 0 N–H and O–H groups in total. The van der Waals surface area contributed by atoms with Gasteiger partial charge in [0.15, 0.2) is 0 Å². The molecular formula is C25H27N5O. The van der Waals surface area contributed by atoms with E-state index in [1.165, 1.54) is 25.9 Å². The van der Waals surface area contributed by atoms with Gasteiger partial charge in [0.1, 0.15) is 0 Å². The minimum atomic E-state index is -0.0145. The van der Waals surface area contributed by atoms with Crippen LogP contribution in [-0.4, -0.2) is 43.9 Å². The van der Waals surface area contributed by atoms with E-state index in [2.05, 4.69) is 25.7 Å². The van der Waals surface area contributed by atoms with Gasteiger partial charge in [-0.15, -0.1) is 0 Å². The number of aromatic nitrogens is 4. The first-order valence-corrected chi connectivity index (χ1v) is 11.1. The minimum Gasteiger partial charge on any atom is -0.301 e. The monoisotopic (exact) mass is 413 g/mol. The van der Waals surface area contributed by atoms with Crippen molar-refractivity contribution in [2.24, 2.45) is 0 Å². The molecule has 1 saturated heterocycles. The van der Waals surface area contributed by atoms with Crippen LogP contribution in [0.15, 0.2) is 71.9 Å². The van der Waals surface area contributed by atoms with Gasteiger partial charge in [-0.1, -0.05) is 6.07 Å². The summed E-state index contributed by atoms with van der Waals surface area (Å²) in [5.74, 6) is 0. The van der Waals surface area contributed by atoms with Crippen molar-refractivity contribution in [2.75, 3.05) is 19.6 Å². The van der Waals surface area contributed by atoms with E-state index < -0.39 is 0 Å². The third-order valence-electron chi connectivity index (χ3n) is 6.11. The normalized spacial score (nSPS) is 14.5. The second-order valence-corrected chi connectivity index (χ2v) is 8.22. The summed E-state index contributed by atoms with van der Waals surface area (Å²) in [6.07, 6.45) is 9.81. The van der Waals surface area contributed by atoms with E-state index in [0.29, 0.717) is 0 Å². The summed E-state index contributed by atoms with van der Waals surface area (Å²) in [6.45, 7) is 4.33. The molecule has 3 aromatic heterocycles. The summed E-state index contributed by atoms with van der Waals surface area (Å²) in [7, 11) is 0. The lowest BCUT2D eigenvalue weighted by Crippen LogP contribution is -2.24. The lowest BCUT2D eigenvalue weighted by atomic mass is 10.1. The van der Waals surface area contributed by atoms with Gasteiger partial charge in [-0.3, -0.25) is 19.0 Å². The third kappa shape index (κ3) is 4.44. The Balaban J connectivity index is 1.31. The van der Waals surface area contributed by atoms with E-state index in [1.54, 1.807) is 16.8 Å². The van der Waals surface area contributed by atoms with Crippen molar-refractivity contribution in [1.82, 2.24) is 24.2 Å². The van der Waals surface area contributed by atoms with Crippen LogP contribution >= 0.6 is 0 Å². The first kappa shape index (κ1) is 19.7. The molecule has 6 heteroatoms. The summed E-state index contributed by atoms with van der Waals surface area (Å²) in [5.41, 5.74) is 4.04. The fourth-order valence-electron chi connectivity index (χ4n) is 4.35. The van der Waals surface area contributed by atoms with Crippen LogP contribution in [0.25, 0.3) is 16.6 Å². The standard InChI is InChI=1S/C25H27N5O/c31-25-17-20(6-7-22-5-1-2-11-26-22)10-14-29(25)23-8-9-24-21(18-23)19-27-30(24)16-15-28-12-3-4-13-28/h1-2,5,8-11,14,17-19H,3-4,6-7,12-13,15-16H2. The smallest absolute Gasteiger partial charge is 0.255 e. The van der Waals surface area contributed by atoms with E-state index in [9.17, 15) is 4.79 Å². The molecule has 0 saturated carbocycles. The highest BCUT2D eigenvalue weighted by Crippen LogP contribution is 2.18. The van der Waals surface area contributed by atoms with Gasteiger partial charge in [0.2, 0.25) is 0 Å². The van der Waals surface area contributed by atoms with Crippen molar-refractivity contribution in [1.29, 1.82) is 0 Å². The van der Waals surface area contributed by atoms with Gasteiger partial charge in [-0.05, 0) is 80.7 Å². The number of hydrogen-bond acceptors (Lipinski definition) is 4. The van der Waals surface area contributed by atoms with Crippen molar-refractivity contribution in [3.05, 3.63) is 88.7 Å². The van der Waals surface area contributed by atoms with Crippen LogP contribution in [0, 0.1) is 0 Å². The second-order valence-electron chi connectivity index (χ2n) is 8.22. The Morgan fingerprint density at radius 2 is 1.84 bits per heavy atom. The largest absolute Gasteiger partial charge is 0.301 e. The lowest BCUT2D eigenvalue weighted by molar-refractivity contribution is 0.318. The van der Waals surface area contributed by atoms with Crippen molar-refractivity contribution in [2.45, 2.75) is 32.2 Å². The van der Waals surface area contributed by atoms with Gasteiger partial charge in [0.25, 0.3) is 5.56 Å². The number of hydrogen-bond donors (Lipinski definition) is 0. The molecule has 6 nitrogen and oxygen atoms in total. The molecular weight excluding hydrogens is 386 g/mol. The first-order chi connectivity index (χ1) is 15.3. The zero-order valence-corrected chi connectivity index (χ0v) is 17.7. The number of aryl methyl sites for hydroxylation is 2. The Hall–Kier alpha value is -3.25. The highest BCUT2D eigenvalue weighted by molar-refractivity contribution is 5.80. The van der Waals surface area contributed by atoms with E-state index in [1.807, 2.05) is 48.8 Å². The molecule has 0 unspecified atom stereocenters. The van der Waals surface area contributed by atoms with Crippen molar-refractivity contribution >= 4 is 10.9 Å². The predicted molar refractivity (Wildman–Crippen MR) is 123 cm³/mol. The number of fused-ring (bicyclic) bond motifs is 1. The maximum atomic E-state index is 12.8. The Bertz CT molecular complexity index is 1220. The SMILES string of the molecule is O=c1cc(CCc2ccccn2)ccn1-c1ccc2c(cnn2CCN2CCCC2)c1. The Kier molecular flexibility index (Phi) is 5.63. The van der Waals surface area contributed by atoms with Crippen molar-refractivity contribution in [3.8, 4) is 5.69 Å². The van der Waals surface area contributed by atoms with Crippen LogP contribution in [0.4, 0.5) is 0 Å². The average Bonchev–Trinajstić information content (AvgIpc) is 3.46. The maximum absolute atomic E-state index is 12.8. The highest BCUT2D eigenvalue weighted by Gasteiger charge is 2.12. The average molecular weight is 414 g/mol. The molecule has 31 heavy (non-hydrogen) atoms. The number of likely N-dealkylation sites (tertiary alicyclic amines) is 1. The first-order valence-electron chi connectivity index (χ1n) is 11.1. The molecule has 4 heterocycles. The van der Waals surface area contributed by atoms with Crippen LogP contribution < -0.4 is 5.56 Å². The van der Waals surface area contributed by atoms with Crippen LogP contribution in [0.1, 0.15) is 24.1 Å². The van der Waals surface area contributed by atoms with Crippen LogP contribution in [-0.2, 0) is 19.4 Å².